The molecule has 2 nitrogen and oxygen atoms in total. The Morgan fingerprint density at radius 2 is 1.21 bits per heavy atom. The van der Waals surface area contributed by atoms with Gasteiger partial charge in [0.05, 0.1) is 11.2 Å². The highest BCUT2D eigenvalue weighted by Gasteiger charge is 2.42. The fraction of sp³-hybridized carbons (Fsp3) is 1.00. The molecule has 0 radical (unpaired) electrons. The zero-order valence-corrected chi connectivity index (χ0v) is 9.29. The Morgan fingerprint density at radius 1 is 0.857 bits per heavy atom. The molecule has 0 saturated heterocycles. The van der Waals surface area contributed by atoms with Gasteiger partial charge in [-0.25, -0.2) is 0 Å². The normalized spacial score (nSPS) is 54.0. The van der Waals surface area contributed by atoms with Crippen LogP contribution in [0.25, 0.3) is 0 Å². The van der Waals surface area contributed by atoms with Gasteiger partial charge in [-0.2, -0.15) is 0 Å². The molecule has 0 aromatic carbocycles. The summed E-state index contributed by atoms with van der Waals surface area (Å²) in [7, 11) is 0. The second kappa shape index (κ2) is 3.21. The minimum absolute atomic E-state index is 0.440. The molecule has 0 aromatic heterocycles. The van der Waals surface area contributed by atoms with Crippen LogP contribution in [0, 0.1) is 11.8 Å². The van der Waals surface area contributed by atoms with E-state index >= 15 is 0 Å². The van der Waals surface area contributed by atoms with Crippen LogP contribution in [0.2, 0.25) is 0 Å². The molecule has 2 rings (SSSR count). The van der Waals surface area contributed by atoms with Crippen molar-refractivity contribution in [3.63, 3.8) is 0 Å². The van der Waals surface area contributed by atoms with Crippen molar-refractivity contribution in [2.45, 2.75) is 63.6 Å². The zero-order chi connectivity index (χ0) is 10.4. The van der Waals surface area contributed by atoms with Gasteiger partial charge in [0.1, 0.15) is 0 Å². The molecule has 2 aliphatic carbocycles. The van der Waals surface area contributed by atoms with Gasteiger partial charge in [0.2, 0.25) is 0 Å². The maximum absolute atomic E-state index is 9.98. The highest BCUT2D eigenvalue weighted by Crippen LogP contribution is 2.46. The number of fused-ring (bicyclic) bond motifs is 1. The first kappa shape index (κ1) is 10.4. The van der Waals surface area contributed by atoms with Crippen molar-refractivity contribution in [2.75, 3.05) is 0 Å². The molecule has 4 atom stereocenters. The van der Waals surface area contributed by atoms with E-state index in [4.69, 9.17) is 0 Å². The van der Waals surface area contributed by atoms with E-state index in [0.717, 1.165) is 38.5 Å². The molecule has 0 amide bonds. The molecule has 2 saturated carbocycles. The summed E-state index contributed by atoms with van der Waals surface area (Å²) in [6, 6.07) is 0. The molecule has 2 heteroatoms. The molecular weight excluding hydrogens is 176 g/mol. The summed E-state index contributed by atoms with van der Waals surface area (Å²) in [6.45, 7) is 3.91. The lowest BCUT2D eigenvalue weighted by atomic mass is 9.63. The van der Waals surface area contributed by atoms with E-state index in [1.54, 1.807) is 0 Å². The van der Waals surface area contributed by atoms with Crippen molar-refractivity contribution in [1.29, 1.82) is 0 Å². The summed E-state index contributed by atoms with van der Waals surface area (Å²) in [5.41, 5.74) is -0.880. The second-order valence-corrected chi connectivity index (χ2v) is 6.00. The van der Waals surface area contributed by atoms with Gasteiger partial charge in [0, 0.05) is 0 Å². The van der Waals surface area contributed by atoms with Crippen LogP contribution in [0.5, 0.6) is 0 Å². The third-order valence-electron chi connectivity index (χ3n) is 4.18. The van der Waals surface area contributed by atoms with Crippen LogP contribution < -0.4 is 0 Å². The number of hydrogen-bond acceptors (Lipinski definition) is 2. The molecule has 0 bridgehead atoms. The quantitative estimate of drug-likeness (QED) is 0.625. The Labute approximate surface area is 86.3 Å². The van der Waals surface area contributed by atoms with E-state index in [9.17, 15) is 10.2 Å². The predicted octanol–water partition coefficient (Wildman–Crippen LogP) is 2.09. The van der Waals surface area contributed by atoms with Crippen LogP contribution in [-0.4, -0.2) is 21.4 Å². The molecule has 82 valence electrons. The molecule has 2 fully saturated rings. The summed E-state index contributed by atoms with van der Waals surface area (Å²) in [4.78, 5) is 0. The average molecular weight is 198 g/mol. The Morgan fingerprint density at radius 3 is 1.57 bits per heavy atom. The lowest BCUT2D eigenvalue weighted by Crippen LogP contribution is -2.44. The largest absolute Gasteiger partial charge is 0.390 e. The van der Waals surface area contributed by atoms with Crippen molar-refractivity contribution in [1.82, 2.24) is 0 Å². The van der Waals surface area contributed by atoms with Gasteiger partial charge in [-0.05, 0) is 64.2 Å². The van der Waals surface area contributed by atoms with Crippen LogP contribution in [-0.2, 0) is 0 Å². The third-order valence-corrected chi connectivity index (χ3v) is 4.18. The Kier molecular flexibility index (Phi) is 2.39. The summed E-state index contributed by atoms with van der Waals surface area (Å²) in [6.07, 6.45) is 5.87. The maximum atomic E-state index is 9.98. The first-order valence-corrected chi connectivity index (χ1v) is 5.83. The number of rotatable bonds is 0. The van der Waals surface area contributed by atoms with Crippen LogP contribution in [0.4, 0.5) is 0 Å². The number of aliphatic hydroxyl groups is 2. The lowest BCUT2D eigenvalue weighted by Gasteiger charge is -2.46. The second-order valence-electron chi connectivity index (χ2n) is 6.00. The van der Waals surface area contributed by atoms with Crippen LogP contribution in [0.3, 0.4) is 0 Å². The molecule has 0 aromatic rings. The van der Waals surface area contributed by atoms with E-state index in [-0.39, 0.29) is 0 Å². The van der Waals surface area contributed by atoms with Gasteiger partial charge in [0.15, 0.2) is 0 Å². The summed E-state index contributed by atoms with van der Waals surface area (Å²) in [5, 5.41) is 20.0. The highest BCUT2D eigenvalue weighted by molar-refractivity contribution is 4.94. The standard InChI is InChI=1S/C12H22O2/c1-11(13)5-3-10-8-12(2,14)6-4-9(10)7-11/h9-10,13-14H,3-8H2,1-2H3. The van der Waals surface area contributed by atoms with E-state index in [0.29, 0.717) is 11.8 Å². The molecule has 14 heavy (non-hydrogen) atoms. The van der Waals surface area contributed by atoms with Gasteiger partial charge in [-0.1, -0.05) is 0 Å². The Balaban J connectivity index is 2.01. The molecule has 2 N–H and O–H groups in total. The van der Waals surface area contributed by atoms with Gasteiger partial charge < -0.3 is 10.2 Å². The third kappa shape index (κ3) is 2.12. The first-order chi connectivity index (χ1) is 6.38. The van der Waals surface area contributed by atoms with Crippen molar-refractivity contribution in [3.8, 4) is 0 Å². The van der Waals surface area contributed by atoms with Crippen LogP contribution in [0.15, 0.2) is 0 Å². The van der Waals surface area contributed by atoms with Crippen molar-refractivity contribution < 1.29 is 10.2 Å². The fourth-order valence-corrected chi connectivity index (χ4v) is 3.34. The van der Waals surface area contributed by atoms with Gasteiger partial charge in [-0.3, -0.25) is 0 Å². The summed E-state index contributed by atoms with van der Waals surface area (Å²) >= 11 is 0. The van der Waals surface area contributed by atoms with E-state index < -0.39 is 11.2 Å². The van der Waals surface area contributed by atoms with Crippen molar-refractivity contribution in [3.05, 3.63) is 0 Å². The zero-order valence-electron chi connectivity index (χ0n) is 9.29. The predicted molar refractivity (Wildman–Crippen MR) is 55.9 cm³/mol. The SMILES string of the molecule is CC1(O)CCC2CC(C)(O)CCC2C1. The molecule has 4 unspecified atom stereocenters. The first-order valence-electron chi connectivity index (χ1n) is 5.83. The summed E-state index contributed by atoms with van der Waals surface area (Å²) < 4.78 is 0. The fourth-order valence-electron chi connectivity index (χ4n) is 3.34. The van der Waals surface area contributed by atoms with Crippen molar-refractivity contribution in [2.24, 2.45) is 11.8 Å². The van der Waals surface area contributed by atoms with Gasteiger partial charge in [0.25, 0.3) is 0 Å². The minimum atomic E-state index is -0.440. The van der Waals surface area contributed by atoms with E-state index in [2.05, 4.69) is 0 Å². The Bertz CT molecular complexity index is 196. The van der Waals surface area contributed by atoms with Gasteiger partial charge in [-0.15, -0.1) is 0 Å². The molecular formula is C12H22O2. The van der Waals surface area contributed by atoms with Crippen LogP contribution in [0.1, 0.15) is 52.4 Å². The topological polar surface area (TPSA) is 40.5 Å². The maximum Gasteiger partial charge on any atom is 0.0622 e. The van der Waals surface area contributed by atoms with Crippen LogP contribution >= 0.6 is 0 Å². The molecule has 0 heterocycles. The highest BCUT2D eigenvalue weighted by atomic mass is 16.3. The van der Waals surface area contributed by atoms with E-state index in [1.165, 1.54) is 0 Å². The number of hydrogen-bond donors (Lipinski definition) is 2. The van der Waals surface area contributed by atoms with Crippen molar-refractivity contribution >= 4 is 0 Å². The Hall–Kier alpha value is -0.0800. The minimum Gasteiger partial charge on any atom is -0.390 e. The average Bonchev–Trinajstić information content (AvgIpc) is 2.04. The molecule has 0 spiro atoms. The lowest BCUT2D eigenvalue weighted by molar-refractivity contribution is -0.0785. The molecule has 2 aliphatic rings. The van der Waals surface area contributed by atoms with Gasteiger partial charge >= 0.3 is 0 Å². The molecule has 0 aliphatic heterocycles. The smallest absolute Gasteiger partial charge is 0.0622 e. The monoisotopic (exact) mass is 198 g/mol. The summed E-state index contributed by atoms with van der Waals surface area (Å²) in [5.74, 6) is 1.30. The van der Waals surface area contributed by atoms with E-state index in [1.807, 2.05) is 13.8 Å².